The average Bonchev–Trinajstić information content (AvgIpc) is 2.49. The lowest BCUT2D eigenvalue weighted by atomic mass is 9.98. The number of aryl methyl sites for hydroxylation is 1. The maximum atomic E-state index is 11.7. The number of aromatic hydroxyl groups is 3. The minimum atomic E-state index is -0.691. The summed E-state index contributed by atoms with van der Waals surface area (Å²) in [5.74, 6) is -0.800. The fourth-order valence-corrected chi connectivity index (χ4v) is 2.14. The molecule has 2 aromatic rings. The van der Waals surface area contributed by atoms with Crippen molar-refractivity contribution < 1.29 is 24.9 Å². The molecule has 2 rings (SSSR count). The molecule has 0 bridgehead atoms. The Morgan fingerprint density at radius 2 is 1.57 bits per heavy atom. The molecule has 110 valence electrons. The molecule has 0 saturated heterocycles. The Morgan fingerprint density at radius 1 is 0.952 bits per heavy atom. The molecule has 0 spiro atoms. The van der Waals surface area contributed by atoms with Gasteiger partial charge in [0.2, 0.25) is 0 Å². The molecule has 0 atom stereocenters. The molecule has 2 aromatic carbocycles. The quantitative estimate of drug-likeness (QED) is 0.594. The monoisotopic (exact) mass is 288 g/mol. The zero-order valence-corrected chi connectivity index (χ0v) is 11.5. The van der Waals surface area contributed by atoms with Crippen LogP contribution in [0.25, 0.3) is 0 Å². The van der Waals surface area contributed by atoms with Gasteiger partial charge >= 0.3 is 5.97 Å². The van der Waals surface area contributed by atoms with Crippen molar-refractivity contribution in [1.82, 2.24) is 0 Å². The van der Waals surface area contributed by atoms with Crippen molar-refractivity contribution in [3.63, 3.8) is 0 Å². The molecule has 0 aliphatic rings. The number of rotatable bonds is 4. The molecule has 0 aromatic heterocycles. The van der Waals surface area contributed by atoms with E-state index >= 15 is 0 Å². The lowest BCUT2D eigenvalue weighted by Crippen LogP contribution is -2.07. The fourth-order valence-electron chi connectivity index (χ4n) is 2.14. The number of hydrogen-bond acceptors (Lipinski definition) is 5. The van der Waals surface area contributed by atoms with E-state index in [0.717, 1.165) is 5.56 Å². The molecule has 0 amide bonds. The van der Waals surface area contributed by atoms with Crippen molar-refractivity contribution in [2.24, 2.45) is 0 Å². The van der Waals surface area contributed by atoms with Crippen LogP contribution in [0, 0.1) is 0 Å². The number of methoxy groups -OCH3 is 1. The summed E-state index contributed by atoms with van der Waals surface area (Å²) in [6.07, 6.45) is 0.900. The molecule has 0 fully saturated rings. The van der Waals surface area contributed by atoms with Crippen molar-refractivity contribution in [3.8, 4) is 17.2 Å². The second kappa shape index (κ2) is 6.17. The first-order valence-corrected chi connectivity index (χ1v) is 6.43. The van der Waals surface area contributed by atoms with E-state index in [4.69, 9.17) is 0 Å². The Bertz CT molecular complexity index is 646. The number of phenols is 3. The van der Waals surface area contributed by atoms with E-state index in [2.05, 4.69) is 4.74 Å². The number of phenolic OH excluding ortho intramolecular Hbond substituents is 3. The predicted molar refractivity (Wildman–Crippen MR) is 76.6 cm³/mol. The Kier molecular flexibility index (Phi) is 4.33. The van der Waals surface area contributed by atoms with Crippen molar-refractivity contribution in [1.29, 1.82) is 0 Å². The zero-order valence-electron chi connectivity index (χ0n) is 11.5. The predicted octanol–water partition coefficient (Wildman–Crippen LogP) is 2.38. The maximum absolute atomic E-state index is 11.7. The zero-order chi connectivity index (χ0) is 15.4. The van der Waals surface area contributed by atoms with E-state index in [9.17, 15) is 20.1 Å². The van der Waals surface area contributed by atoms with E-state index in [1.54, 1.807) is 24.3 Å². The standard InChI is InChI=1S/C16H16O5/c1-21-16(20)15-12(13(18)8-9-14(15)19)7-4-10-2-5-11(17)6-3-10/h2-3,5-6,8-9,17-19H,4,7H2,1H3. The topological polar surface area (TPSA) is 87.0 Å². The van der Waals surface area contributed by atoms with Crippen LogP contribution in [-0.4, -0.2) is 28.4 Å². The Labute approximate surface area is 122 Å². The van der Waals surface area contributed by atoms with Crippen molar-refractivity contribution >= 4 is 5.97 Å². The number of carbonyl (C=O) groups excluding carboxylic acids is 1. The molecule has 0 radical (unpaired) electrons. The van der Waals surface area contributed by atoms with Gasteiger partial charge in [-0.25, -0.2) is 4.79 Å². The van der Waals surface area contributed by atoms with E-state index < -0.39 is 5.97 Å². The lowest BCUT2D eigenvalue weighted by Gasteiger charge is -2.12. The number of ether oxygens (including phenoxy) is 1. The van der Waals surface area contributed by atoms with Gasteiger partial charge in [0.15, 0.2) is 0 Å². The number of esters is 1. The highest BCUT2D eigenvalue weighted by Crippen LogP contribution is 2.30. The first-order valence-electron chi connectivity index (χ1n) is 6.43. The SMILES string of the molecule is COC(=O)c1c(O)ccc(O)c1CCc1ccc(O)cc1. The van der Waals surface area contributed by atoms with Crippen LogP contribution in [-0.2, 0) is 17.6 Å². The van der Waals surface area contributed by atoms with E-state index in [0.29, 0.717) is 18.4 Å². The summed E-state index contributed by atoms with van der Waals surface area (Å²) in [6.45, 7) is 0. The summed E-state index contributed by atoms with van der Waals surface area (Å²) >= 11 is 0. The highest BCUT2D eigenvalue weighted by Gasteiger charge is 2.20. The van der Waals surface area contributed by atoms with E-state index in [-0.39, 0.29) is 22.8 Å². The summed E-state index contributed by atoms with van der Waals surface area (Å²) in [7, 11) is 1.22. The van der Waals surface area contributed by atoms with Gasteiger partial charge in [0.25, 0.3) is 0 Å². The summed E-state index contributed by atoms with van der Waals surface area (Å²) in [6, 6.07) is 9.25. The van der Waals surface area contributed by atoms with Gasteiger partial charge < -0.3 is 20.1 Å². The third-order valence-electron chi connectivity index (χ3n) is 3.26. The van der Waals surface area contributed by atoms with Crippen LogP contribution >= 0.6 is 0 Å². The minimum Gasteiger partial charge on any atom is -0.508 e. The first-order chi connectivity index (χ1) is 10.0. The van der Waals surface area contributed by atoms with Gasteiger partial charge in [0.05, 0.1) is 7.11 Å². The minimum absolute atomic E-state index is 0.0173. The van der Waals surface area contributed by atoms with Crippen molar-refractivity contribution in [2.45, 2.75) is 12.8 Å². The molecule has 0 aliphatic carbocycles. The van der Waals surface area contributed by atoms with Crippen LogP contribution in [0.15, 0.2) is 36.4 Å². The molecule has 0 heterocycles. The summed E-state index contributed by atoms with van der Waals surface area (Å²) in [5, 5.41) is 29.0. The van der Waals surface area contributed by atoms with Crippen molar-refractivity contribution in [2.75, 3.05) is 7.11 Å². The molecular weight excluding hydrogens is 272 g/mol. The second-order valence-corrected chi connectivity index (χ2v) is 4.62. The summed E-state index contributed by atoms with van der Waals surface area (Å²) in [4.78, 5) is 11.7. The third-order valence-corrected chi connectivity index (χ3v) is 3.26. The van der Waals surface area contributed by atoms with Gasteiger partial charge in [0, 0.05) is 5.56 Å². The van der Waals surface area contributed by atoms with Crippen LogP contribution in [0.2, 0.25) is 0 Å². The Morgan fingerprint density at radius 3 is 2.19 bits per heavy atom. The third kappa shape index (κ3) is 3.25. The molecule has 0 unspecified atom stereocenters. The van der Waals surface area contributed by atoms with Gasteiger partial charge in [-0.3, -0.25) is 0 Å². The van der Waals surface area contributed by atoms with Crippen molar-refractivity contribution in [3.05, 3.63) is 53.1 Å². The van der Waals surface area contributed by atoms with Gasteiger partial charge in [0.1, 0.15) is 22.8 Å². The first kappa shape index (κ1) is 14.7. The van der Waals surface area contributed by atoms with Crippen LogP contribution in [0.3, 0.4) is 0 Å². The van der Waals surface area contributed by atoms with Gasteiger partial charge in [-0.1, -0.05) is 12.1 Å². The summed E-state index contributed by atoms with van der Waals surface area (Å²) < 4.78 is 4.64. The number of carbonyl (C=O) groups is 1. The van der Waals surface area contributed by atoms with E-state index in [1.165, 1.54) is 19.2 Å². The molecule has 3 N–H and O–H groups in total. The maximum Gasteiger partial charge on any atom is 0.342 e. The van der Waals surface area contributed by atoms with Crippen LogP contribution in [0.4, 0.5) is 0 Å². The normalized spacial score (nSPS) is 10.3. The van der Waals surface area contributed by atoms with Crippen LogP contribution in [0.5, 0.6) is 17.2 Å². The number of benzene rings is 2. The Balaban J connectivity index is 2.28. The Hall–Kier alpha value is -2.69. The molecule has 21 heavy (non-hydrogen) atoms. The lowest BCUT2D eigenvalue weighted by molar-refractivity contribution is 0.0595. The van der Waals surface area contributed by atoms with Crippen LogP contribution in [0.1, 0.15) is 21.5 Å². The highest BCUT2D eigenvalue weighted by atomic mass is 16.5. The molecular formula is C16H16O5. The van der Waals surface area contributed by atoms with Gasteiger partial charge in [-0.05, 0) is 42.7 Å². The second-order valence-electron chi connectivity index (χ2n) is 4.62. The fraction of sp³-hybridized carbons (Fsp3) is 0.188. The largest absolute Gasteiger partial charge is 0.508 e. The average molecular weight is 288 g/mol. The smallest absolute Gasteiger partial charge is 0.342 e. The highest BCUT2D eigenvalue weighted by molar-refractivity contribution is 5.94. The molecule has 5 heteroatoms. The summed E-state index contributed by atoms with van der Waals surface area (Å²) in [5.41, 5.74) is 1.26. The molecule has 5 nitrogen and oxygen atoms in total. The van der Waals surface area contributed by atoms with Gasteiger partial charge in [-0.2, -0.15) is 0 Å². The van der Waals surface area contributed by atoms with Gasteiger partial charge in [-0.15, -0.1) is 0 Å². The number of hydrogen-bond donors (Lipinski definition) is 3. The molecule has 0 saturated carbocycles. The van der Waals surface area contributed by atoms with Crippen LogP contribution < -0.4 is 0 Å². The molecule has 0 aliphatic heterocycles. The van der Waals surface area contributed by atoms with E-state index in [1.807, 2.05) is 0 Å².